The number of piperazine rings is 1. The second-order valence-corrected chi connectivity index (χ2v) is 6.12. The Kier molecular flexibility index (Phi) is 4.24. The Labute approximate surface area is 121 Å². The van der Waals surface area contributed by atoms with E-state index in [0.29, 0.717) is 0 Å². The molecule has 1 aliphatic carbocycles. The summed E-state index contributed by atoms with van der Waals surface area (Å²) in [4.78, 5) is 4.81. The summed E-state index contributed by atoms with van der Waals surface area (Å²) in [5.41, 5.74) is 9.72. The van der Waals surface area contributed by atoms with Crippen LogP contribution in [-0.2, 0) is 6.54 Å². The van der Waals surface area contributed by atoms with Crippen molar-refractivity contribution in [1.82, 2.24) is 9.80 Å². The van der Waals surface area contributed by atoms with Crippen molar-refractivity contribution in [3.05, 3.63) is 29.3 Å². The third-order valence-electron chi connectivity index (χ3n) is 4.37. The maximum absolute atomic E-state index is 8.97. The molecule has 3 N–H and O–H groups in total. The highest BCUT2D eigenvalue weighted by Crippen LogP contribution is 2.41. The molecule has 0 radical (unpaired) electrons. The van der Waals surface area contributed by atoms with Crippen molar-refractivity contribution in [2.75, 3.05) is 45.1 Å². The van der Waals surface area contributed by atoms with Gasteiger partial charge in [0.25, 0.3) is 0 Å². The molecule has 1 saturated carbocycles. The fourth-order valence-electron chi connectivity index (χ4n) is 3.06. The quantitative estimate of drug-likeness (QED) is 0.794. The highest BCUT2D eigenvalue weighted by atomic mass is 16.3. The number of benzene rings is 1. The van der Waals surface area contributed by atoms with Crippen LogP contribution in [0.1, 0.15) is 29.9 Å². The zero-order valence-corrected chi connectivity index (χ0v) is 12.1. The van der Waals surface area contributed by atoms with Gasteiger partial charge < -0.3 is 10.8 Å². The number of nitrogens with zero attached hydrogens (tertiary/aromatic N) is 2. The van der Waals surface area contributed by atoms with Crippen LogP contribution in [-0.4, -0.2) is 54.2 Å². The van der Waals surface area contributed by atoms with Gasteiger partial charge in [-0.05, 0) is 42.0 Å². The van der Waals surface area contributed by atoms with Crippen molar-refractivity contribution in [2.45, 2.75) is 25.3 Å². The maximum atomic E-state index is 8.97. The van der Waals surface area contributed by atoms with Crippen LogP contribution in [0, 0.1) is 0 Å². The van der Waals surface area contributed by atoms with Crippen molar-refractivity contribution in [2.24, 2.45) is 0 Å². The molecule has 4 nitrogen and oxygen atoms in total. The van der Waals surface area contributed by atoms with Gasteiger partial charge in [0.15, 0.2) is 0 Å². The highest BCUT2D eigenvalue weighted by molar-refractivity contribution is 5.46. The van der Waals surface area contributed by atoms with E-state index in [0.717, 1.165) is 50.9 Å². The van der Waals surface area contributed by atoms with Gasteiger partial charge in [-0.2, -0.15) is 0 Å². The van der Waals surface area contributed by atoms with Crippen molar-refractivity contribution in [1.29, 1.82) is 0 Å². The van der Waals surface area contributed by atoms with Gasteiger partial charge in [-0.25, -0.2) is 0 Å². The van der Waals surface area contributed by atoms with E-state index in [1.807, 2.05) is 0 Å². The summed E-state index contributed by atoms with van der Waals surface area (Å²) >= 11 is 0. The van der Waals surface area contributed by atoms with Crippen molar-refractivity contribution < 1.29 is 5.11 Å². The van der Waals surface area contributed by atoms with Crippen LogP contribution in [0.3, 0.4) is 0 Å². The fraction of sp³-hybridized carbons (Fsp3) is 0.625. The Hall–Kier alpha value is -1.10. The van der Waals surface area contributed by atoms with E-state index in [2.05, 4.69) is 28.0 Å². The Morgan fingerprint density at radius 1 is 1.05 bits per heavy atom. The SMILES string of the molecule is Nc1cc(CN2CCN(CCO)CC2)cc(C2CC2)c1. The molecule has 20 heavy (non-hydrogen) atoms. The summed E-state index contributed by atoms with van der Waals surface area (Å²) in [5, 5.41) is 8.97. The smallest absolute Gasteiger partial charge is 0.0558 e. The number of β-amino-alcohol motifs (C(OH)–C–C–N with tert-alkyl or cyclic N) is 1. The van der Waals surface area contributed by atoms with E-state index in [9.17, 15) is 0 Å². The van der Waals surface area contributed by atoms with Crippen LogP contribution >= 0.6 is 0 Å². The van der Waals surface area contributed by atoms with E-state index in [4.69, 9.17) is 10.8 Å². The summed E-state index contributed by atoms with van der Waals surface area (Å²) < 4.78 is 0. The number of nitrogen functional groups attached to an aromatic ring is 1. The summed E-state index contributed by atoms with van der Waals surface area (Å²) in [7, 11) is 0. The molecule has 0 aromatic heterocycles. The summed E-state index contributed by atoms with van der Waals surface area (Å²) in [5.74, 6) is 0.763. The molecule has 1 aromatic carbocycles. The van der Waals surface area contributed by atoms with Crippen LogP contribution < -0.4 is 5.73 Å². The average molecular weight is 275 g/mol. The third kappa shape index (κ3) is 3.51. The third-order valence-corrected chi connectivity index (χ3v) is 4.37. The first kappa shape index (κ1) is 13.9. The predicted molar refractivity (Wildman–Crippen MR) is 81.6 cm³/mol. The molecule has 1 aliphatic heterocycles. The molecule has 4 heteroatoms. The van der Waals surface area contributed by atoms with Gasteiger partial charge in [-0.15, -0.1) is 0 Å². The van der Waals surface area contributed by atoms with E-state index in [1.54, 1.807) is 0 Å². The van der Waals surface area contributed by atoms with Gasteiger partial charge in [0.05, 0.1) is 6.61 Å². The van der Waals surface area contributed by atoms with Crippen LogP contribution in [0.5, 0.6) is 0 Å². The van der Waals surface area contributed by atoms with Crippen LogP contribution in [0.4, 0.5) is 5.69 Å². The Morgan fingerprint density at radius 2 is 1.75 bits per heavy atom. The van der Waals surface area contributed by atoms with E-state index in [1.165, 1.54) is 24.0 Å². The monoisotopic (exact) mass is 275 g/mol. The molecule has 2 fully saturated rings. The van der Waals surface area contributed by atoms with Crippen molar-refractivity contribution in [3.63, 3.8) is 0 Å². The van der Waals surface area contributed by atoms with E-state index >= 15 is 0 Å². The zero-order valence-electron chi connectivity index (χ0n) is 12.1. The second-order valence-electron chi connectivity index (χ2n) is 6.12. The molecular formula is C16H25N3O. The molecule has 0 bridgehead atoms. The van der Waals surface area contributed by atoms with E-state index in [-0.39, 0.29) is 6.61 Å². The van der Waals surface area contributed by atoms with E-state index < -0.39 is 0 Å². The van der Waals surface area contributed by atoms with Crippen LogP contribution in [0.15, 0.2) is 18.2 Å². The topological polar surface area (TPSA) is 52.7 Å². The van der Waals surface area contributed by atoms with Gasteiger partial charge in [0.1, 0.15) is 0 Å². The van der Waals surface area contributed by atoms with Gasteiger partial charge >= 0.3 is 0 Å². The van der Waals surface area contributed by atoms with Crippen molar-refractivity contribution >= 4 is 5.69 Å². The number of aliphatic hydroxyl groups is 1. The number of aliphatic hydroxyl groups excluding tert-OH is 1. The summed E-state index contributed by atoms with van der Waals surface area (Å²) in [6.45, 7) is 6.33. The average Bonchev–Trinajstić information content (AvgIpc) is 3.25. The minimum Gasteiger partial charge on any atom is -0.399 e. The maximum Gasteiger partial charge on any atom is 0.0558 e. The fourth-order valence-corrected chi connectivity index (χ4v) is 3.06. The van der Waals surface area contributed by atoms with Crippen molar-refractivity contribution in [3.8, 4) is 0 Å². The number of nitrogens with two attached hydrogens (primary N) is 1. The first-order valence-corrected chi connectivity index (χ1v) is 7.69. The molecule has 1 aromatic rings. The van der Waals surface area contributed by atoms with Gasteiger partial charge in [-0.1, -0.05) is 6.07 Å². The lowest BCUT2D eigenvalue weighted by molar-refractivity contribution is 0.108. The molecule has 1 heterocycles. The zero-order chi connectivity index (χ0) is 13.9. The van der Waals surface area contributed by atoms with Gasteiger partial charge in [0, 0.05) is 45.0 Å². The summed E-state index contributed by atoms with van der Waals surface area (Å²) in [6, 6.07) is 6.60. The lowest BCUT2D eigenvalue weighted by Gasteiger charge is -2.34. The van der Waals surface area contributed by atoms with Gasteiger partial charge in [0.2, 0.25) is 0 Å². The molecule has 110 valence electrons. The summed E-state index contributed by atoms with van der Waals surface area (Å²) in [6.07, 6.45) is 2.64. The predicted octanol–water partition coefficient (Wildman–Crippen LogP) is 1.26. The Morgan fingerprint density at radius 3 is 2.40 bits per heavy atom. The van der Waals surface area contributed by atoms with Crippen LogP contribution in [0.25, 0.3) is 0 Å². The lowest BCUT2D eigenvalue weighted by atomic mass is 10.0. The molecule has 0 unspecified atom stereocenters. The Bertz CT molecular complexity index is 451. The minimum atomic E-state index is 0.264. The molecule has 3 rings (SSSR count). The molecule has 0 spiro atoms. The molecule has 0 amide bonds. The number of hydrogen-bond acceptors (Lipinski definition) is 4. The molecule has 1 saturated heterocycles. The number of hydrogen-bond donors (Lipinski definition) is 2. The van der Waals surface area contributed by atoms with Crippen LogP contribution in [0.2, 0.25) is 0 Å². The molecular weight excluding hydrogens is 250 g/mol. The second kappa shape index (κ2) is 6.12. The number of anilines is 1. The highest BCUT2D eigenvalue weighted by Gasteiger charge is 2.24. The Balaban J connectivity index is 1.58. The normalized spacial score (nSPS) is 21.2. The largest absolute Gasteiger partial charge is 0.399 e. The lowest BCUT2D eigenvalue weighted by Crippen LogP contribution is -2.46. The number of rotatable bonds is 5. The standard InChI is InChI=1S/C16H25N3O/c17-16-10-13(9-15(11-16)14-1-2-14)12-19-5-3-18(4-6-19)7-8-20/h9-11,14,20H,1-8,12,17H2. The first-order valence-electron chi connectivity index (χ1n) is 7.69. The first-order chi connectivity index (χ1) is 9.74. The molecule has 2 aliphatic rings. The molecule has 0 atom stereocenters. The van der Waals surface area contributed by atoms with Gasteiger partial charge in [-0.3, -0.25) is 9.80 Å². The minimum absolute atomic E-state index is 0.264.